The molecule has 1 aliphatic heterocycles. The van der Waals surface area contributed by atoms with Gasteiger partial charge in [-0.15, -0.1) is 0 Å². The molecule has 6 heteroatoms. The van der Waals surface area contributed by atoms with Crippen molar-refractivity contribution in [2.45, 2.75) is 25.9 Å². The standard InChI is InChI=1S/C16H19N3O3/c1-12(18-16(20)5-8-19-7-2-6-17-19)13-3-4-14-15(11-13)22-10-9-21-14/h2-4,6-7,11-12H,5,8-10H2,1H3,(H,18,20)/t12-/m1/s1. The fraction of sp³-hybridized carbons (Fsp3) is 0.375. The van der Waals surface area contributed by atoms with Gasteiger partial charge < -0.3 is 14.8 Å². The van der Waals surface area contributed by atoms with Crippen LogP contribution in [0.25, 0.3) is 0 Å². The summed E-state index contributed by atoms with van der Waals surface area (Å²) in [6, 6.07) is 7.52. The zero-order valence-corrected chi connectivity index (χ0v) is 12.5. The number of benzene rings is 1. The molecule has 1 aromatic heterocycles. The van der Waals surface area contributed by atoms with Crippen LogP contribution in [0.15, 0.2) is 36.7 Å². The molecule has 0 spiro atoms. The van der Waals surface area contributed by atoms with Gasteiger partial charge in [0.1, 0.15) is 13.2 Å². The van der Waals surface area contributed by atoms with E-state index in [0.29, 0.717) is 26.2 Å². The quantitative estimate of drug-likeness (QED) is 0.916. The highest BCUT2D eigenvalue weighted by atomic mass is 16.6. The van der Waals surface area contributed by atoms with E-state index in [1.807, 2.05) is 37.4 Å². The van der Waals surface area contributed by atoms with Crippen LogP contribution in [0, 0.1) is 0 Å². The van der Waals surface area contributed by atoms with Crippen molar-refractivity contribution >= 4 is 5.91 Å². The van der Waals surface area contributed by atoms with Crippen molar-refractivity contribution in [2.24, 2.45) is 0 Å². The molecule has 1 aromatic carbocycles. The number of carbonyl (C=O) groups excluding carboxylic acids is 1. The number of carbonyl (C=O) groups is 1. The molecule has 0 saturated carbocycles. The van der Waals surface area contributed by atoms with Gasteiger partial charge in [-0.1, -0.05) is 6.07 Å². The summed E-state index contributed by atoms with van der Waals surface area (Å²) in [5.74, 6) is 1.49. The summed E-state index contributed by atoms with van der Waals surface area (Å²) in [5.41, 5.74) is 0.997. The number of aromatic nitrogens is 2. The number of rotatable bonds is 5. The lowest BCUT2D eigenvalue weighted by Crippen LogP contribution is -2.27. The Balaban J connectivity index is 1.56. The minimum Gasteiger partial charge on any atom is -0.486 e. The van der Waals surface area contributed by atoms with Gasteiger partial charge in [0.05, 0.1) is 6.04 Å². The van der Waals surface area contributed by atoms with E-state index in [1.54, 1.807) is 10.9 Å². The predicted molar refractivity (Wildman–Crippen MR) is 80.8 cm³/mol. The molecule has 116 valence electrons. The Kier molecular flexibility index (Phi) is 4.27. The van der Waals surface area contributed by atoms with Crippen LogP contribution in [-0.2, 0) is 11.3 Å². The van der Waals surface area contributed by atoms with Crippen LogP contribution in [0.2, 0.25) is 0 Å². The molecule has 3 rings (SSSR count). The van der Waals surface area contributed by atoms with E-state index < -0.39 is 0 Å². The number of ether oxygens (including phenoxy) is 2. The molecule has 0 saturated heterocycles. The minimum absolute atomic E-state index is 0.00195. The first-order chi connectivity index (χ1) is 10.7. The Bertz CT molecular complexity index is 640. The molecule has 1 atom stereocenters. The summed E-state index contributed by atoms with van der Waals surface area (Å²) >= 11 is 0. The topological polar surface area (TPSA) is 65.4 Å². The van der Waals surface area contributed by atoms with Crippen molar-refractivity contribution < 1.29 is 14.3 Å². The average Bonchev–Trinajstić information content (AvgIpc) is 3.06. The Morgan fingerprint density at radius 3 is 2.95 bits per heavy atom. The van der Waals surface area contributed by atoms with Crippen LogP contribution >= 0.6 is 0 Å². The predicted octanol–water partition coefficient (Wildman–Crippen LogP) is 1.92. The van der Waals surface area contributed by atoms with Gasteiger partial charge >= 0.3 is 0 Å². The van der Waals surface area contributed by atoms with Crippen LogP contribution in [0.3, 0.4) is 0 Å². The summed E-state index contributed by atoms with van der Waals surface area (Å²) in [5, 5.41) is 7.07. The van der Waals surface area contributed by atoms with Crippen molar-refractivity contribution in [3.8, 4) is 11.5 Å². The lowest BCUT2D eigenvalue weighted by atomic mass is 10.1. The van der Waals surface area contributed by atoms with Crippen LogP contribution in [0.5, 0.6) is 11.5 Å². The monoisotopic (exact) mass is 301 g/mol. The first-order valence-corrected chi connectivity index (χ1v) is 7.39. The molecule has 0 bridgehead atoms. The van der Waals surface area contributed by atoms with Crippen molar-refractivity contribution in [2.75, 3.05) is 13.2 Å². The molecule has 1 amide bonds. The third-order valence-corrected chi connectivity index (χ3v) is 3.57. The number of nitrogens with one attached hydrogen (secondary N) is 1. The second kappa shape index (κ2) is 6.51. The minimum atomic E-state index is -0.0825. The fourth-order valence-corrected chi connectivity index (χ4v) is 2.38. The van der Waals surface area contributed by atoms with Gasteiger partial charge in [-0.2, -0.15) is 5.10 Å². The summed E-state index contributed by atoms with van der Waals surface area (Å²) in [4.78, 5) is 12.0. The maximum Gasteiger partial charge on any atom is 0.222 e. The van der Waals surface area contributed by atoms with Crippen LogP contribution in [-0.4, -0.2) is 28.9 Å². The number of hydrogen-bond acceptors (Lipinski definition) is 4. The third-order valence-electron chi connectivity index (χ3n) is 3.57. The van der Waals surface area contributed by atoms with Crippen molar-refractivity contribution in [1.29, 1.82) is 0 Å². The summed E-state index contributed by atoms with van der Waals surface area (Å²) in [6.45, 7) is 3.66. The van der Waals surface area contributed by atoms with Gasteiger partial charge in [-0.05, 0) is 30.7 Å². The second-order valence-corrected chi connectivity index (χ2v) is 5.21. The SMILES string of the molecule is C[C@@H](NC(=O)CCn1cccn1)c1ccc2c(c1)OCCO2. The molecule has 22 heavy (non-hydrogen) atoms. The number of amides is 1. The van der Waals surface area contributed by atoms with E-state index in [0.717, 1.165) is 17.1 Å². The molecule has 6 nitrogen and oxygen atoms in total. The van der Waals surface area contributed by atoms with Crippen molar-refractivity contribution in [1.82, 2.24) is 15.1 Å². The van der Waals surface area contributed by atoms with Gasteiger partial charge in [-0.3, -0.25) is 9.48 Å². The van der Waals surface area contributed by atoms with Crippen LogP contribution in [0.1, 0.15) is 24.9 Å². The number of nitrogens with zero attached hydrogens (tertiary/aromatic N) is 2. The van der Waals surface area contributed by atoms with Gasteiger partial charge in [0.2, 0.25) is 5.91 Å². The maximum absolute atomic E-state index is 12.0. The molecular formula is C16H19N3O3. The first-order valence-electron chi connectivity index (χ1n) is 7.39. The largest absolute Gasteiger partial charge is 0.486 e. The van der Waals surface area contributed by atoms with E-state index >= 15 is 0 Å². The Morgan fingerprint density at radius 2 is 2.18 bits per heavy atom. The molecule has 2 aromatic rings. The van der Waals surface area contributed by atoms with Crippen LogP contribution in [0.4, 0.5) is 0 Å². The van der Waals surface area contributed by atoms with Gasteiger partial charge in [0.25, 0.3) is 0 Å². The van der Waals surface area contributed by atoms with Crippen molar-refractivity contribution in [3.63, 3.8) is 0 Å². The van der Waals surface area contributed by atoms with E-state index in [1.165, 1.54) is 0 Å². The lowest BCUT2D eigenvalue weighted by molar-refractivity contribution is -0.122. The highest BCUT2D eigenvalue weighted by molar-refractivity contribution is 5.76. The molecule has 0 unspecified atom stereocenters. The van der Waals surface area contributed by atoms with Gasteiger partial charge in [0, 0.05) is 25.4 Å². The summed E-state index contributed by atoms with van der Waals surface area (Å²) in [6.07, 6.45) is 3.95. The Labute approximate surface area is 129 Å². The molecule has 1 aliphatic rings. The van der Waals surface area contributed by atoms with E-state index in [-0.39, 0.29) is 11.9 Å². The molecule has 0 aliphatic carbocycles. The van der Waals surface area contributed by atoms with E-state index in [4.69, 9.17) is 9.47 Å². The van der Waals surface area contributed by atoms with Crippen molar-refractivity contribution in [3.05, 3.63) is 42.2 Å². The highest BCUT2D eigenvalue weighted by Gasteiger charge is 2.15. The first kappa shape index (κ1) is 14.4. The average molecular weight is 301 g/mol. The second-order valence-electron chi connectivity index (χ2n) is 5.21. The Morgan fingerprint density at radius 1 is 1.36 bits per heavy atom. The summed E-state index contributed by atoms with van der Waals surface area (Å²) < 4.78 is 12.8. The molecule has 2 heterocycles. The number of hydrogen-bond donors (Lipinski definition) is 1. The van der Waals surface area contributed by atoms with E-state index in [2.05, 4.69) is 10.4 Å². The van der Waals surface area contributed by atoms with Gasteiger partial charge in [0.15, 0.2) is 11.5 Å². The Hall–Kier alpha value is -2.50. The molecule has 0 fully saturated rings. The lowest BCUT2D eigenvalue weighted by Gasteiger charge is -2.21. The zero-order chi connectivity index (χ0) is 15.4. The maximum atomic E-state index is 12.0. The van der Waals surface area contributed by atoms with Crippen LogP contribution < -0.4 is 14.8 Å². The fourth-order valence-electron chi connectivity index (χ4n) is 2.38. The number of aryl methyl sites for hydroxylation is 1. The third kappa shape index (κ3) is 3.39. The molecule has 0 radical (unpaired) electrons. The zero-order valence-electron chi connectivity index (χ0n) is 12.5. The van der Waals surface area contributed by atoms with E-state index in [9.17, 15) is 4.79 Å². The molecular weight excluding hydrogens is 282 g/mol. The van der Waals surface area contributed by atoms with Gasteiger partial charge in [-0.25, -0.2) is 0 Å². The number of fused-ring (bicyclic) bond motifs is 1. The highest BCUT2D eigenvalue weighted by Crippen LogP contribution is 2.32. The molecule has 1 N–H and O–H groups in total. The summed E-state index contributed by atoms with van der Waals surface area (Å²) in [7, 11) is 0. The smallest absolute Gasteiger partial charge is 0.222 e. The normalized spacial score (nSPS) is 14.4.